The van der Waals surface area contributed by atoms with Crippen molar-refractivity contribution in [3.63, 3.8) is 0 Å². The molecular weight excluding hydrogens is 817 g/mol. The van der Waals surface area contributed by atoms with Crippen LogP contribution in [-0.4, -0.2) is 99.8 Å². The molecule has 0 heterocycles. The van der Waals surface area contributed by atoms with Gasteiger partial charge in [0, 0.05) is 26.1 Å². The molecule has 2 N–H and O–H groups in total. The minimum absolute atomic E-state index is 0.142. The summed E-state index contributed by atoms with van der Waals surface area (Å²) in [5, 5.41) is 20.0. The minimum Gasteiger partial charge on any atom is -0.476 e. The molecule has 0 aromatic heterocycles. The van der Waals surface area contributed by atoms with Gasteiger partial charge < -0.3 is 48.1 Å². The van der Waals surface area contributed by atoms with Crippen LogP contribution in [0, 0.1) is 0 Å². The van der Waals surface area contributed by atoms with E-state index in [1.54, 1.807) is 24.3 Å². The zero-order valence-corrected chi connectivity index (χ0v) is 40.4. The molecule has 2 rings (SSSR count). The smallest absolute Gasteiger partial charge is 0.377 e. The average molecular weight is 905 g/mol. The molecule has 0 aliphatic carbocycles. The van der Waals surface area contributed by atoms with Gasteiger partial charge in [0.15, 0.2) is 0 Å². The first-order chi connectivity index (χ1) is 31.3. The monoisotopic (exact) mass is 905 g/mol. The van der Waals surface area contributed by atoms with Crippen LogP contribution in [-0.2, 0) is 38.0 Å². The van der Waals surface area contributed by atoms with Crippen molar-refractivity contribution < 1.29 is 57.7 Å². The van der Waals surface area contributed by atoms with Crippen LogP contribution in [0.1, 0.15) is 169 Å². The van der Waals surface area contributed by atoms with Crippen molar-refractivity contribution in [2.24, 2.45) is 0 Å². The predicted molar refractivity (Wildman–Crippen MR) is 254 cm³/mol. The summed E-state index contributed by atoms with van der Waals surface area (Å²) in [5.41, 5.74) is 0. The maximum atomic E-state index is 12.2. The zero-order chi connectivity index (χ0) is 46.7. The second-order valence-corrected chi connectivity index (χ2v) is 16.1. The largest absolute Gasteiger partial charge is 0.476 e. The topological polar surface area (TPSA) is 148 Å². The summed E-state index contributed by atoms with van der Waals surface area (Å²) in [5.74, 6) is -4.65. The highest BCUT2D eigenvalue weighted by molar-refractivity contribution is 5.76. The molecule has 0 spiro atoms. The van der Waals surface area contributed by atoms with Crippen LogP contribution in [0.15, 0.2) is 60.7 Å². The normalized spacial score (nSPS) is 13.1. The third kappa shape index (κ3) is 30.0. The molecule has 0 amide bonds. The van der Waals surface area contributed by atoms with E-state index in [2.05, 4.69) is 13.8 Å². The first kappa shape index (κ1) is 58.8. The molecule has 2 aromatic rings. The standard InChI is InChI=1S/2C26H44O6/c2*1-3-5-6-7-8-9-10-11-12-16-19-26(25(27)28,32-24-17-14-13-15-18-24)31-23-22-30-21-20-29-4-2/h2*13-15,17-18H,3-12,16,19-23H2,1-2H3,(H,27,28). The van der Waals surface area contributed by atoms with E-state index in [-0.39, 0.29) is 26.4 Å². The number of benzene rings is 2. The highest BCUT2D eigenvalue weighted by atomic mass is 16.7. The predicted octanol–water partition coefficient (Wildman–Crippen LogP) is 12.5. The van der Waals surface area contributed by atoms with E-state index >= 15 is 0 Å². The minimum atomic E-state index is -1.70. The highest BCUT2D eigenvalue weighted by Gasteiger charge is 2.43. The summed E-state index contributed by atoms with van der Waals surface area (Å²) >= 11 is 0. The first-order valence-corrected chi connectivity index (χ1v) is 24.8. The Morgan fingerprint density at radius 2 is 0.672 bits per heavy atom. The molecule has 0 radical (unpaired) electrons. The van der Waals surface area contributed by atoms with Crippen molar-refractivity contribution in [2.45, 2.75) is 181 Å². The Kier molecular flexibility index (Phi) is 37.8. The lowest BCUT2D eigenvalue weighted by atomic mass is 10.0. The van der Waals surface area contributed by atoms with Crippen molar-refractivity contribution in [1.29, 1.82) is 0 Å². The number of unbranched alkanes of at least 4 members (excludes halogenated alkanes) is 18. The third-order valence-electron chi connectivity index (χ3n) is 10.7. The van der Waals surface area contributed by atoms with E-state index in [1.165, 1.54) is 89.9 Å². The molecular formula is C52H88O12. The van der Waals surface area contributed by atoms with Gasteiger partial charge in [-0.05, 0) is 51.0 Å². The average Bonchev–Trinajstić information content (AvgIpc) is 3.30. The maximum absolute atomic E-state index is 12.2. The zero-order valence-electron chi connectivity index (χ0n) is 40.4. The summed E-state index contributed by atoms with van der Waals surface area (Å²) in [6.07, 6.45) is 24.2. The van der Waals surface area contributed by atoms with Gasteiger partial charge in [-0.3, -0.25) is 0 Å². The van der Waals surface area contributed by atoms with Crippen LogP contribution in [0.4, 0.5) is 0 Å². The molecule has 0 aliphatic rings. The van der Waals surface area contributed by atoms with Crippen LogP contribution >= 0.6 is 0 Å². The van der Waals surface area contributed by atoms with Gasteiger partial charge in [-0.25, -0.2) is 9.59 Å². The van der Waals surface area contributed by atoms with E-state index in [9.17, 15) is 19.8 Å². The maximum Gasteiger partial charge on any atom is 0.377 e. The van der Waals surface area contributed by atoms with E-state index in [0.717, 1.165) is 38.5 Å². The number of para-hydroxylation sites is 2. The van der Waals surface area contributed by atoms with Gasteiger partial charge >= 0.3 is 23.5 Å². The van der Waals surface area contributed by atoms with Crippen LogP contribution in [0.2, 0.25) is 0 Å². The number of hydrogen-bond acceptors (Lipinski definition) is 10. The van der Waals surface area contributed by atoms with Gasteiger partial charge in [0.1, 0.15) is 11.5 Å². The van der Waals surface area contributed by atoms with Crippen molar-refractivity contribution in [3.8, 4) is 11.5 Å². The van der Waals surface area contributed by atoms with Crippen molar-refractivity contribution in [2.75, 3.05) is 66.1 Å². The Morgan fingerprint density at radius 3 is 0.969 bits per heavy atom. The van der Waals surface area contributed by atoms with E-state index in [4.69, 9.17) is 37.9 Å². The lowest BCUT2D eigenvalue weighted by Gasteiger charge is -2.30. The highest BCUT2D eigenvalue weighted by Crippen LogP contribution is 2.28. The Morgan fingerprint density at radius 1 is 0.391 bits per heavy atom. The van der Waals surface area contributed by atoms with Gasteiger partial charge in [-0.2, -0.15) is 0 Å². The van der Waals surface area contributed by atoms with Gasteiger partial charge in [0.25, 0.3) is 0 Å². The van der Waals surface area contributed by atoms with Crippen LogP contribution in [0.5, 0.6) is 11.5 Å². The molecule has 0 aliphatic heterocycles. The van der Waals surface area contributed by atoms with Gasteiger partial charge in [0.05, 0.1) is 52.9 Å². The summed E-state index contributed by atoms with van der Waals surface area (Å²) in [6, 6.07) is 18.0. The number of rotatable bonds is 44. The molecule has 12 heteroatoms. The van der Waals surface area contributed by atoms with Crippen LogP contribution < -0.4 is 9.47 Å². The molecule has 0 fully saturated rings. The van der Waals surface area contributed by atoms with Crippen LogP contribution in [0.3, 0.4) is 0 Å². The number of carboxylic acids is 2. The van der Waals surface area contributed by atoms with Gasteiger partial charge in [-0.15, -0.1) is 0 Å². The van der Waals surface area contributed by atoms with Crippen LogP contribution in [0.25, 0.3) is 0 Å². The molecule has 0 saturated heterocycles. The number of hydrogen-bond donors (Lipinski definition) is 2. The SMILES string of the molecule is CCCCCCCCCCCCC(OCCOCCOCC)(Oc1ccccc1)C(=O)O.CCCCCCCCCCCCC(OCCOCCOCC)(Oc1ccccc1)C(=O)O. The van der Waals surface area contributed by atoms with E-state index < -0.39 is 23.5 Å². The molecule has 368 valence electrons. The van der Waals surface area contributed by atoms with Crippen molar-refractivity contribution in [3.05, 3.63) is 60.7 Å². The van der Waals surface area contributed by atoms with E-state index in [0.29, 0.717) is 64.0 Å². The fraction of sp³-hybridized carbons (Fsp3) is 0.731. The lowest BCUT2D eigenvalue weighted by Crippen LogP contribution is -2.48. The molecule has 2 aromatic carbocycles. The first-order valence-electron chi connectivity index (χ1n) is 24.8. The number of carboxylic acid groups (broad SMARTS) is 2. The van der Waals surface area contributed by atoms with Crippen molar-refractivity contribution in [1.82, 2.24) is 0 Å². The summed E-state index contributed by atoms with van der Waals surface area (Å²) in [7, 11) is 0. The Labute approximate surface area is 387 Å². The molecule has 2 atom stereocenters. The second-order valence-electron chi connectivity index (χ2n) is 16.1. The summed E-state index contributed by atoms with van der Waals surface area (Å²) in [6.45, 7) is 12.4. The molecule has 0 saturated carbocycles. The number of carbonyl (C=O) groups is 2. The number of ether oxygens (including phenoxy) is 8. The second kappa shape index (κ2) is 41.2. The fourth-order valence-electron chi connectivity index (χ4n) is 7.04. The lowest BCUT2D eigenvalue weighted by molar-refractivity contribution is -0.218. The third-order valence-corrected chi connectivity index (χ3v) is 10.7. The quantitative estimate of drug-likeness (QED) is 0.0481. The number of aliphatic carboxylic acids is 2. The Bertz CT molecular complexity index is 1230. The summed E-state index contributed by atoms with van der Waals surface area (Å²) < 4.78 is 44.8. The molecule has 12 nitrogen and oxygen atoms in total. The summed E-state index contributed by atoms with van der Waals surface area (Å²) in [4.78, 5) is 24.4. The Balaban J connectivity index is 0.000000640. The van der Waals surface area contributed by atoms with E-state index in [1.807, 2.05) is 50.2 Å². The van der Waals surface area contributed by atoms with Crippen molar-refractivity contribution >= 4 is 11.9 Å². The molecule has 0 bridgehead atoms. The fourth-order valence-corrected chi connectivity index (χ4v) is 7.04. The van der Waals surface area contributed by atoms with Gasteiger partial charge in [-0.1, -0.05) is 166 Å². The van der Waals surface area contributed by atoms with Gasteiger partial charge in [0.2, 0.25) is 0 Å². The molecule has 64 heavy (non-hydrogen) atoms. The molecule has 2 unspecified atom stereocenters. The Hall–Kier alpha value is -3.26.